The van der Waals surface area contributed by atoms with Crippen molar-refractivity contribution in [3.8, 4) is 11.5 Å². The summed E-state index contributed by atoms with van der Waals surface area (Å²) in [5, 5.41) is 0. The topological polar surface area (TPSA) is 44.8 Å². The van der Waals surface area contributed by atoms with Gasteiger partial charge in [-0.05, 0) is 30.2 Å². The molecule has 0 atom stereocenters. The van der Waals surface area contributed by atoms with Gasteiger partial charge in [0.05, 0.1) is 12.7 Å². The van der Waals surface area contributed by atoms with Gasteiger partial charge in [0.2, 0.25) is 0 Å². The fourth-order valence-corrected chi connectivity index (χ4v) is 2.73. The molecule has 0 saturated heterocycles. The first-order chi connectivity index (χ1) is 12.7. The summed E-state index contributed by atoms with van der Waals surface area (Å²) in [6.07, 6.45) is -5.60. The standard InChI is InChI=1S/C18H15BrF4O4/c1-3-10-7-12(18(21,22)23)16(8-14(10)20)26-9-11-13(19)5-4-6-15(11)27-17(24)25-2/h4-8H,3,9H2,1-2H3. The van der Waals surface area contributed by atoms with Gasteiger partial charge in [0.25, 0.3) is 0 Å². The Balaban J connectivity index is 2.37. The highest BCUT2D eigenvalue weighted by Gasteiger charge is 2.35. The number of methoxy groups -OCH3 is 1. The number of hydrogen-bond donors (Lipinski definition) is 0. The summed E-state index contributed by atoms with van der Waals surface area (Å²) in [5.41, 5.74) is -0.885. The van der Waals surface area contributed by atoms with E-state index in [9.17, 15) is 22.4 Å². The first-order valence-corrected chi connectivity index (χ1v) is 8.52. The van der Waals surface area contributed by atoms with Crippen LogP contribution in [-0.2, 0) is 23.9 Å². The lowest BCUT2D eigenvalue weighted by Crippen LogP contribution is -2.12. The van der Waals surface area contributed by atoms with Crippen molar-refractivity contribution in [2.75, 3.05) is 7.11 Å². The highest BCUT2D eigenvalue weighted by atomic mass is 79.9. The second-order valence-corrected chi connectivity index (χ2v) is 6.21. The van der Waals surface area contributed by atoms with Crippen LogP contribution in [0.25, 0.3) is 0 Å². The van der Waals surface area contributed by atoms with Gasteiger partial charge in [0.15, 0.2) is 0 Å². The van der Waals surface area contributed by atoms with Crippen molar-refractivity contribution in [1.29, 1.82) is 0 Å². The number of carbonyl (C=O) groups is 1. The number of alkyl halides is 3. The van der Waals surface area contributed by atoms with Crippen LogP contribution in [-0.4, -0.2) is 13.3 Å². The Morgan fingerprint density at radius 3 is 2.48 bits per heavy atom. The van der Waals surface area contributed by atoms with Crippen LogP contribution in [0.2, 0.25) is 0 Å². The Bertz CT molecular complexity index is 837. The zero-order valence-corrected chi connectivity index (χ0v) is 15.9. The summed E-state index contributed by atoms with van der Waals surface area (Å²) >= 11 is 3.22. The van der Waals surface area contributed by atoms with Crippen molar-refractivity contribution in [1.82, 2.24) is 0 Å². The van der Waals surface area contributed by atoms with Crippen LogP contribution in [0.5, 0.6) is 11.5 Å². The SMILES string of the molecule is CCc1cc(C(F)(F)F)c(OCc2c(Br)cccc2OC(=O)OC)cc1F. The number of ether oxygens (including phenoxy) is 3. The van der Waals surface area contributed by atoms with Crippen molar-refractivity contribution in [2.24, 2.45) is 0 Å². The van der Waals surface area contributed by atoms with E-state index in [0.29, 0.717) is 10.5 Å². The van der Waals surface area contributed by atoms with Crippen LogP contribution in [0.1, 0.15) is 23.6 Å². The maximum atomic E-state index is 14.0. The van der Waals surface area contributed by atoms with E-state index in [1.54, 1.807) is 19.1 Å². The minimum atomic E-state index is -4.72. The lowest BCUT2D eigenvalue weighted by Gasteiger charge is -2.17. The zero-order valence-electron chi connectivity index (χ0n) is 14.3. The zero-order chi connectivity index (χ0) is 20.2. The van der Waals surface area contributed by atoms with Crippen molar-refractivity contribution in [2.45, 2.75) is 26.1 Å². The van der Waals surface area contributed by atoms with Gasteiger partial charge < -0.3 is 14.2 Å². The Hall–Kier alpha value is -2.29. The molecular formula is C18H15BrF4O4. The fraction of sp³-hybridized carbons (Fsp3) is 0.278. The second kappa shape index (κ2) is 8.60. The van der Waals surface area contributed by atoms with Crippen LogP contribution in [0.3, 0.4) is 0 Å². The van der Waals surface area contributed by atoms with Gasteiger partial charge in [0.1, 0.15) is 23.9 Å². The molecule has 0 bridgehead atoms. The quantitative estimate of drug-likeness (QED) is 0.323. The van der Waals surface area contributed by atoms with E-state index in [-0.39, 0.29) is 23.3 Å². The maximum absolute atomic E-state index is 14.0. The molecule has 0 saturated carbocycles. The first kappa shape index (κ1) is 21.0. The molecule has 0 unspecified atom stereocenters. The van der Waals surface area contributed by atoms with Crippen molar-refractivity contribution in [3.05, 3.63) is 57.3 Å². The Labute approximate surface area is 161 Å². The smallest absolute Gasteiger partial charge is 0.488 e. The molecule has 2 aromatic rings. The molecule has 0 spiro atoms. The van der Waals surface area contributed by atoms with Crippen LogP contribution < -0.4 is 9.47 Å². The average Bonchev–Trinajstić information content (AvgIpc) is 2.60. The van der Waals surface area contributed by atoms with E-state index in [2.05, 4.69) is 20.7 Å². The molecule has 0 fully saturated rings. The molecule has 0 heterocycles. The average molecular weight is 451 g/mol. The molecule has 0 aromatic heterocycles. The molecule has 2 aromatic carbocycles. The van der Waals surface area contributed by atoms with E-state index >= 15 is 0 Å². The van der Waals surface area contributed by atoms with Gasteiger partial charge >= 0.3 is 12.3 Å². The molecule has 0 N–H and O–H groups in total. The number of hydrogen-bond acceptors (Lipinski definition) is 4. The molecule has 0 radical (unpaired) electrons. The van der Waals surface area contributed by atoms with Gasteiger partial charge in [-0.2, -0.15) is 13.2 Å². The molecule has 0 amide bonds. The Kier molecular flexibility index (Phi) is 6.69. The number of aryl methyl sites for hydroxylation is 1. The molecular weight excluding hydrogens is 436 g/mol. The van der Waals surface area contributed by atoms with Gasteiger partial charge in [-0.25, -0.2) is 9.18 Å². The Morgan fingerprint density at radius 1 is 1.19 bits per heavy atom. The predicted octanol–water partition coefficient (Wildman–Crippen LogP) is 5.89. The lowest BCUT2D eigenvalue weighted by molar-refractivity contribution is -0.139. The van der Waals surface area contributed by atoms with Gasteiger partial charge in [-0.1, -0.05) is 28.9 Å². The normalized spacial score (nSPS) is 11.2. The van der Waals surface area contributed by atoms with Crippen LogP contribution >= 0.6 is 15.9 Å². The number of benzene rings is 2. The minimum Gasteiger partial charge on any atom is -0.488 e. The summed E-state index contributed by atoms with van der Waals surface area (Å²) in [6, 6.07) is 6.01. The first-order valence-electron chi connectivity index (χ1n) is 7.73. The molecule has 27 heavy (non-hydrogen) atoms. The van der Waals surface area contributed by atoms with E-state index in [0.717, 1.165) is 13.2 Å². The van der Waals surface area contributed by atoms with E-state index < -0.39 is 36.1 Å². The lowest BCUT2D eigenvalue weighted by atomic mass is 10.1. The van der Waals surface area contributed by atoms with Crippen molar-refractivity contribution >= 4 is 22.1 Å². The maximum Gasteiger partial charge on any atom is 0.513 e. The largest absolute Gasteiger partial charge is 0.513 e. The fourth-order valence-electron chi connectivity index (χ4n) is 2.27. The molecule has 0 aliphatic rings. The summed E-state index contributed by atoms with van der Waals surface area (Å²) in [7, 11) is 1.12. The van der Waals surface area contributed by atoms with Gasteiger partial charge in [-0.3, -0.25) is 0 Å². The molecule has 146 valence electrons. The molecule has 2 rings (SSSR count). The van der Waals surface area contributed by atoms with Crippen LogP contribution in [0.4, 0.5) is 22.4 Å². The highest BCUT2D eigenvalue weighted by molar-refractivity contribution is 9.10. The summed E-state index contributed by atoms with van der Waals surface area (Å²) < 4.78 is 68.9. The number of rotatable bonds is 5. The molecule has 9 heteroatoms. The van der Waals surface area contributed by atoms with Crippen molar-refractivity contribution in [3.63, 3.8) is 0 Å². The minimum absolute atomic E-state index is 0.0374. The van der Waals surface area contributed by atoms with E-state index in [1.807, 2.05) is 0 Å². The van der Waals surface area contributed by atoms with E-state index in [1.165, 1.54) is 6.07 Å². The monoisotopic (exact) mass is 450 g/mol. The third-order valence-electron chi connectivity index (χ3n) is 3.64. The second-order valence-electron chi connectivity index (χ2n) is 5.35. The van der Waals surface area contributed by atoms with Gasteiger partial charge in [-0.15, -0.1) is 0 Å². The van der Waals surface area contributed by atoms with Gasteiger partial charge in [0, 0.05) is 16.1 Å². The molecule has 0 aliphatic heterocycles. The molecule has 0 aliphatic carbocycles. The number of halogens is 5. The van der Waals surface area contributed by atoms with Crippen LogP contribution in [0.15, 0.2) is 34.8 Å². The summed E-state index contributed by atoms with van der Waals surface area (Å²) in [4.78, 5) is 11.3. The predicted molar refractivity (Wildman–Crippen MR) is 92.3 cm³/mol. The molecule has 4 nitrogen and oxygen atoms in total. The van der Waals surface area contributed by atoms with E-state index in [4.69, 9.17) is 9.47 Å². The summed E-state index contributed by atoms with van der Waals surface area (Å²) in [6.45, 7) is 1.15. The third-order valence-corrected chi connectivity index (χ3v) is 4.39. The highest BCUT2D eigenvalue weighted by Crippen LogP contribution is 2.39. The number of carbonyl (C=O) groups excluding carboxylic acids is 1. The van der Waals surface area contributed by atoms with Crippen LogP contribution in [0, 0.1) is 5.82 Å². The third kappa shape index (κ3) is 5.12. The Morgan fingerprint density at radius 2 is 1.89 bits per heavy atom. The van der Waals surface area contributed by atoms with Crippen molar-refractivity contribution < 1.29 is 36.6 Å². The summed E-state index contributed by atoms with van der Waals surface area (Å²) in [5.74, 6) is -1.41.